The predicted molar refractivity (Wildman–Crippen MR) is 81.3 cm³/mol. The first-order chi connectivity index (χ1) is 10.6. The van der Waals surface area contributed by atoms with Gasteiger partial charge in [0.1, 0.15) is 0 Å². The van der Waals surface area contributed by atoms with Gasteiger partial charge >= 0.3 is 6.18 Å². The normalized spacial score (nSPS) is 12.6. The molecule has 0 saturated carbocycles. The highest BCUT2D eigenvalue weighted by Gasteiger charge is 2.38. The molecule has 0 fully saturated rings. The molecule has 0 spiro atoms. The summed E-state index contributed by atoms with van der Waals surface area (Å²) >= 11 is 0. The number of halogens is 3. The summed E-state index contributed by atoms with van der Waals surface area (Å²) in [5, 5.41) is 0. The molecule has 0 aliphatic carbocycles. The van der Waals surface area contributed by atoms with E-state index < -0.39 is 26.7 Å². The Hall–Kier alpha value is -1.86. The van der Waals surface area contributed by atoms with Crippen LogP contribution in [0.4, 0.5) is 13.2 Å². The highest BCUT2D eigenvalue weighted by Crippen LogP contribution is 2.35. The molecule has 0 aliphatic heterocycles. The maximum atomic E-state index is 13.1. The van der Waals surface area contributed by atoms with E-state index in [-0.39, 0.29) is 6.54 Å². The van der Waals surface area contributed by atoms with Crippen LogP contribution in [0.1, 0.15) is 16.7 Å². The molecule has 124 valence electrons. The molecule has 0 aromatic heterocycles. The summed E-state index contributed by atoms with van der Waals surface area (Å²) in [5.41, 5.74) is 0.457. The fourth-order valence-corrected chi connectivity index (χ4v) is 3.56. The van der Waals surface area contributed by atoms with Gasteiger partial charge in [0, 0.05) is 13.6 Å². The van der Waals surface area contributed by atoms with Crippen LogP contribution in [0.3, 0.4) is 0 Å². The summed E-state index contributed by atoms with van der Waals surface area (Å²) in [6.07, 6.45) is -4.73. The van der Waals surface area contributed by atoms with Crippen LogP contribution in [-0.2, 0) is 22.7 Å². The van der Waals surface area contributed by atoms with Crippen LogP contribution in [0.5, 0.6) is 0 Å². The number of benzene rings is 2. The van der Waals surface area contributed by atoms with E-state index in [0.29, 0.717) is 0 Å². The van der Waals surface area contributed by atoms with Crippen molar-refractivity contribution < 1.29 is 21.6 Å². The number of rotatable bonds is 4. The summed E-state index contributed by atoms with van der Waals surface area (Å²) in [6.45, 7) is 1.82. The van der Waals surface area contributed by atoms with E-state index in [1.807, 2.05) is 19.1 Å². The van der Waals surface area contributed by atoms with Gasteiger partial charge in [-0.05, 0) is 30.2 Å². The average molecular weight is 343 g/mol. The van der Waals surface area contributed by atoms with Crippen molar-refractivity contribution >= 4 is 10.0 Å². The minimum absolute atomic E-state index is 0.00119. The van der Waals surface area contributed by atoms with Crippen molar-refractivity contribution in [2.75, 3.05) is 7.05 Å². The second-order valence-corrected chi connectivity index (χ2v) is 7.19. The second-order valence-electron chi connectivity index (χ2n) is 5.18. The van der Waals surface area contributed by atoms with Crippen molar-refractivity contribution in [1.82, 2.24) is 4.31 Å². The molecule has 2 aromatic rings. The zero-order chi connectivity index (χ0) is 17.3. The van der Waals surface area contributed by atoms with Gasteiger partial charge in [0.05, 0.1) is 10.5 Å². The second kappa shape index (κ2) is 6.33. The first kappa shape index (κ1) is 17.5. The number of hydrogen-bond acceptors (Lipinski definition) is 2. The molecule has 0 amide bonds. The summed E-state index contributed by atoms with van der Waals surface area (Å²) in [6, 6.07) is 11.3. The van der Waals surface area contributed by atoms with Crippen molar-refractivity contribution in [1.29, 1.82) is 0 Å². The van der Waals surface area contributed by atoms with Crippen LogP contribution < -0.4 is 0 Å². The highest BCUT2D eigenvalue weighted by atomic mass is 32.2. The molecule has 0 saturated heterocycles. The van der Waals surface area contributed by atoms with Gasteiger partial charge in [-0.2, -0.15) is 17.5 Å². The van der Waals surface area contributed by atoms with Gasteiger partial charge < -0.3 is 0 Å². The SMILES string of the molecule is Cc1ccccc1CN(C)S(=O)(=O)c1ccccc1C(F)(F)F. The molecule has 0 N–H and O–H groups in total. The maximum Gasteiger partial charge on any atom is 0.417 e. The minimum Gasteiger partial charge on any atom is -0.207 e. The standard InChI is InChI=1S/C16H16F3NO2S/c1-12-7-3-4-8-13(12)11-20(2)23(21,22)15-10-6-5-9-14(15)16(17,18)19/h3-10H,11H2,1-2H3. The summed E-state index contributed by atoms with van der Waals surface area (Å²) in [5.74, 6) is 0. The monoisotopic (exact) mass is 343 g/mol. The zero-order valence-electron chi connectivity index (χ0n) is 12.6. The van der Waals surface area contributed by atoms with E-state index in [1.54, 1.807) is 12.1 Å². The smallest absolute Gasteiger partial charge is 0.207 e. The van der Waals surface area contributed by atoms with Crippen molar-refractivity contribution in [3.63, 3.8) is 0 Å². The van der Waals surface area contributed by atoms with Gasteiger partial charge in [0.2, 0.25) is 10.0 Å². The average Bonchev–Trinajstić information content (AvgIpc) is 2.48. The Kier molecular flexibility index (Phi) is 4.81. The van der Waals surface area contributed by atoms with E-state index in [4.69, 9.17) is 0 Å². The van der Waals surface area contributed by atoms with Crippen LogP contribution in [-0.4, -0.2) is 19.8 Å². The predicted octanol–water partition coefficient (Wildman–Crippen LogP) is 3.83. The van der Waals surface area contributed by atoms with Crippen LogP contribution in [0.25, 0.3) is 0 Å². The molecule has 2 rings (SSSR count). The molecule has 23 heavy (non-hydrogen) atoms. The summed E-state index contributed by atoms with van der Waals surface area (Å²) in [7, 11) is -2.98. The molecule has 0 unspecified atom stereocenters. The van der Waals surface area contributed by atoms with Gasteiger partial charge in [-0.25, -0.2) is 8.42 Å². The quantitative estimate of drug-likeness (QED) is 0.846. The topological polar surface area (TPSA) is 37.4 Å². The van der Waals surface area contributed by atoms with Gasteiger partial charge in [-0.1, -0.05) is 36.4 Å². The maximum absolute atomic E-state index is 13.1. The molecule has 0 aliphatic rings. The number of aryl methyl sites for hydroxylation is 1. The van der Waals surface area contributed by atoms with Gasteiger partial charge in [0.25, 0.3) is 0 Å². The van der Waals surface area contributed by atoms with E-state index in [0.717, 1.165) is 27.6 Å². The lowest BCUT2D eigenvalue weighted by atomic mass is 10.1. The Labute approximate surface area is 133 Å². The lowest BCUT2D eigenvalue weighted by molar-refractivity contribution is -0.139. The lowest BCUT2D eigenvalue weighted by Crippen LogP contribution is -2.28. The number of hydrogen-bond donors (Lipinski definition) is 0. The molecule has 2 aromatic carbocycles. The van der Waals surface area contributed by atoms with Crippen molar-refractivity contribution in [2.24, 2.45) is 0 Å². The van der Waals surface area contributed by atoms with Gasteiger partial charge in [-0.3, -0.25) is 0 Å². The van der Waals surface area contributed by atoms with Crippen LogP contribution in [0.2, 0.25) is 0 Å². The Balaban J connectivity index is 2.41. The Morgan fingerprint density at radius 2 is 1.57 bits per heavy atom. The third kappa shape index (κ3) is 3.73. The Morgan fingerprint density at radius 1 is 1.00 bits per heavy atom. The third-order valence-electron chi connectivity index (χ3n) is 3.53. The Bertz CT molecular complexity index is 801. The van der Waals surface area contributed by atoms with Crippen molar-refractivity contribution in [3.8, 4) is 0 Å². The van der Waals surface area contributed by atoms with E-state index in [2.05, 4.69) is 0 Å². The molecule has 3 nitrogen and oxygen atoms in total. The molecular formula is C16H16F3NO2S. The first-order valence-electron chi connectivity index (χ1n) is 6.81. The zero-order valence-corrected chi connectivity index (χ0v) is 13.4. The van der Waals surface area contributed by atoms with Crippen LogP contribution in [0, 0.1) is 6.92 Å². The molecule has 7 heteroatoms. The van der Waals surface area contributed by atoms with Crippen molar-refractivity contribution in [3.05, 3.63) is 65.2 Å². The summed E-state index contributed by atoms with van der Waals surface area (Å²) in [4.78, 5) is -0.733. The molecular weight excluding hydrogens is 327 g/mol. The van der Waals surface area contributed by atoms with Crippen LogP contribution >= 0.6 is 0 Å². The number of nitrogens with zero attached hydrogens (tertiary/aromatic N) is 1. The van der Waals surface area contributed by atoms with E-state index >= 15 is 0 Å². The fraction of sp³-hybridized carbons (Fsp3) is 0.250. The molecule has 0 heterocycles. The largest absolute Gasteiger partial charge is 0.417 e. The Morgan fingerprint density at radius 3 is 2.17 bits per heavy atom. The fourth-order valence-electron chi connectivity index (χ4n) is 2.21. The first-order valence-corrected chi connectivity index (χ1v) is 8.25. The van der Waals surface area contributed by atoms with E-state index in [1.165, 1.54) is 19.2 Å². The highest BCUT2D eigenvalue weighted by molar-refractivity contribution is 7.89. The van der Waals surface area contributed by atoms with Gasteiger partial charge in [0.15, 0.2) is 0 Å². The minimum atomic E-state index is -4.73. The van der Waals surface area contributed by atoms with Crippen molar-refractivity contribution in [2.45, 2.75) is 24.5 Å². The lowest BCUT2D eigenvalue weighted by Gasteiger charge is -2.21. The third-order valence-corrected chi connectivity index (χ3v) is 5.40. The van der Waals surface area contributed by atoms with Gasteiger partial charge in [-0.15, -0.1) is 0 Å². The molecule has 0 radical (unpaired) electrons. The van der Waals surface area contributed by atoms with E-state index in [9.17, 15) is 21.6 Å². The number of alkyl halides is 3. The molecule has 0 atom stereocenters. The van der Waals surface area contributed by atoms with Crippen LogP contribution in [0.15, 0.2) is 53.4 Å². The number of sulfonamides is 1. The summed E-state index contributed by atoms with van der Waals surface area (Å²) < 4.78 is 65.2. The molecule has 0 bridgehead atoms.